The molecule has 1 heterocycles. The first-order chi connectivity index (χ1) is 6.65. The summed E-state index contributed by atoms with van der Waals surface area (Å²) in [7, 11) is 1.95. The molecule has 0 fully saturated rings. The predicted molar refractivity (Wildman–Crippen MR) is 60.6 cm³/mol. The normalized spacial score (nSPS) is 12.0. The predicted octanol–water partition coefficient (Wildman–Crippen LogP) is 3.01. The fourth-order valence-electron chi connectivity index (χ4n) is 1.68. The Kier molecular flexibility index (Phi) is 3.99. The molecule has 0 N–H and O–H groups in total. The molecular weight excluding hydrogens is 196 g/mol. The lowest BCUT2D eigenvalue weighted by atomic mass is 9.80. The summed E-state index contributed by atoms with van der Waals surface area (Å²) in [5.74, 6) is 0.719. The van der Waals surface area contributed by atoms with Gasteiger partial charge in [0.1, 0.15) is 0 Å². The average molecular weight is 215 g/mol. The molecule has 1 aromatic rings. The molecule has 3 heteroatoms. The highest BCUT2D eigenvalue weighted by Gasteiger charge is 2.26. The van der Waals surface area contributed by atoms with Crippen LogP contribution in [0.2, 0.25) is 0 Å². The summed E-state index contributed by atoms with van der Waals surface area (Å²) in [4.78, 5) is 0. The zero-order valence-corrected chi connectivity index (χ0v) is 10.0. The Balaban J connectivity index is 2.73. The number of hydrogen-bond donors (Lipinski definition) is 0. The molecule has 1 aromatic heterocycles. The van der Waals surface area contributed by atoms with Gasteiger partial charge in [0.05, 0.1) is 5.69 Å². The molecule has 0 spiro atoms. The van der Waals surface area contributed by atoms with Gasteiger partial charge in [0.25, 0.3) is 0 Å². The molecule has 0 bridgehead atoms. The molecule has 0 atom stereocenters. The quantitative estimate of drug-likeness (QED) is 0.690. The largest absolute Gasteiger partial charge is 0.276 e. The molecule has 0 saturated carbocycles. The topological polar surface area (TPSA) is 17.8 Å². The van der Waals surface area contributed by atoms with Crippen LogP contribution in [0.25, 0.3) is 0 Å². The summed E-state index contributed by atoms with van der Waals surface area (Å²) < 4.78 is 1.85. The first-order valence-corrected chi connectivity index (χ1v) is 5.73. The minimum Gasteiger partial charge on any atom is -0.276 e. The van der Waals surface area contributed by atoms with Gasteiger partial charge >= 0.3 is 0 Å². The molecule has 1 rings (SSSR count). The molecule has 0 aliphatic heterocycles. The Hall–Kier alpha value is -0.500. The molecule has 0 unspecified atom stereocenters. The Bertz CT molecular complexity index is 268. The van der Waals surface area contributed by atoms with Gasteiger partial charge in [0.2, 0.25) is 0 Å². The molecule has 0 aromatic carbocycles. The maximum Gasteiger partial charge on any atom is 0.0630 e. The van der Waals surface area contributed by atoms with E-state index in [1.54, 1.807) is 0 Å². The molecule has 80 valence electrons. The van der Waals surface area contributed by atoms with Gasteiger partial charge < -0.3 is 0 Å². The van der Waals surface area contributed by atoms with Crippen molar-refractivity contribution in [2.24, 2.45) is 12.5 Å². The van der Waals surface area contributed by atoms with Gasteiger partial charge in [-0.2, -0.15) is 5.10 Å². The van der Waals surface area contributed by atoms with Crippen molar-refractivity contribution in [3.63, 3.8) is 0 Å². The second-order valence-electron chi connectivity index (χ2n) is 4.00. The number of hydrogen-bond acceptors (Lipinski definition) is 1. The van der Waals surface area contributed by atoms with E-state index in [0.717, 1.165) is 30.8 Å². The van der Waals surface area contributed by atoms with Crippen LogP contribution in [0.3, 0.4) is 0 Å². The van der Waals surface area contributed by atoms with Crippen LogP contribution < -0.4 is 0 Å². The summed E-state index contributed by atoms with van der Waals surface area (Å²) in [6.45, 7) is 4.41. The molecule has 0 aliphatic carbocycles. The highest BCUT2D eigenvalue weighted by molar-refractivity contribution is 6.18. The number of aromatic nitrogens is 2. The highest BCUT2D eigenvalue weighted by Crippen LogP contribution is 2.31. The van der Waals surface area contributed by atoms with E-state index in [1.165, 1.54) is 0 Å². The summed E-state index contributed by atoms with van der Waals surface area (Å²) in [6, 6.07) is 2.08. The Morgan fingerprint density at radius 3 is 2.43 bits per heavy atom. The molecule has 0 amide bonds. The van der Waals surface area contributed by atoms with E-state index in [4.69, 9.17) is 11.6 Å². The van der Waals surface area contributed by atoms with Crippen molar-refractivity contribution in [3.05, 3.63) is 18.0 Å². The number of nitrogens with zero attached hydrogens (tertiary/aromatic N) is 2. The van der Waals surface area contributed by atoms with E-state index in [-0.39, 0.29) is 5.41 Å². The van der Waals surface area contributed by atoms with E-state index in [0.29, 0.717) is 0 Å². The van der Waals surface area contributed by atoms with Crippen LogP contribution >= 0.6 is 11.6 Å². The average Bonchev–Trinajstić information content (AvgIpc) is 2.61. The first-order valence-electron chi connectivity index (χ1n) is 5.20. The van der Waals surface area contributed by atoms with Crippen LogP contribution in [-0.2, 0) is 13.5 Å². The van der Waals surface area contributed by atoms with Crippen LogP contribution in [0.4, 0.5) is 0 Å². The fraction of sp³-hybridized carbons (Fsp3) is 0.727. The third kappa shape index (κ3) is 2.50. The van der Waals surface area contributed by atoms with E-state index >= 15 is 0 Å². The summed E-state index contributed by atoms with van der Waals surface area (Å²) >= 11 is 6.05. The molecule has 0 saturated heterocycles. The third-order valence-corrected chi connectivity index (χ3v) is 3.68. The standard InChI is InChI=1S/C11H19ClN2/c1-4-11(5-2,9-12)8-10-6-7-14(3)13-10/h6-7H,4-5,8-9H2,1-3H3. The van der Waals surface area contributed by atoms with Gasteiger partial charge in [-0.25, -0.2) is 0 Å². The molecule has 0 aliphatic rings. The Morgan fingerprint density at radius 2 is 2.07 bits per heavy atom. The lowest BCUT2D eigenvalue weighted by molar-refractivity contribution is 0.298. The molecular formula is C11H19ClN2. The third-order valence-electron chi connectivity index (χ3n) is 3.11. The Labute approximate surface area is 91.3 Å². The maximum atomic E-state index is 6.05. The minimum atomic E-state index is 0.232. The second kappa shape index (κ2) is 4.83. The van der Waals surface area contributed by atoms with Crippen molar-refractivity contribution in [1.82, 2.24) is 9.78 Å². The summed E-state index contributed by atoms with van der Waals surface area (Å²) in [5.41, 5.74) is 1.38. The van der Waals surface area contributed by atoms with E-state index < -0.39 is 0 Å². The van der Waals surface area contributed by atoms with E-state index in [1.807, 2.05) is 17.9 Å². The van der Waals surface area contributed by atoms with Crippen molar-refractivity contribution in [3.8, 4) is 0 Å². The van der Waals surface area contributed by atoms with Crippen molar-refractivity contribution in [2.75, 3.05) is 5.88 Å². The zero-order valence-electron chi connectivity index (χ0n) is 9.26. The first kappa shape index (κ1) is 11.6. The van der Waals surface area contributed by atoms with Crippen molar-refractivity contribution in [2.45, 2.75) is 33.1 Å². The van der Waals surface area contributed by atoms with Gasteiger partial charge in [-0.1, -0.05) is 13.8 Å². The van der Waals surface area contributed by atoms with Gasteiger partial charge in [-0.15, -0.1) is 11.6 Å². The Morgan fingerprint density at radius 1 is 1.43 bits per heavy atom. The number of rotatable bonds is 5. The lowest BCUT2D eigenvalue weighted by Crippen LogP contribution is -2.24. The molecule has 0 radical (unpaired) electrons. The maximum absolute atomic E-state index is 6.05. The lowest BCUT2D eigenvalue weighted by Gasteiger charge is -2.28. The van der Waals surface area contributed by atoms with Crippen LogP contribution in [0.15, 0.2) is 12.3 Å². The number of alkyl halides is 1. The minimum absolute atomic E-state index is 0.232. The van der Waals surface area contributed by atoms with Crippen molar-refractivity contribution in [1.29, 1.82) is 0 Å². The van der Waals surface area contributed by atoms with Gasteiger partial charge in [-0.3, -0.25) is 4.68 Å². The SMILES string of the molecule is CCC(CC)(CCl)Cc1ccn(C)n1. The summed E-state index contributed by atoms with van der Waals surface area (Å²) in [5, 5.41) is 4.40. The zero-order chi connectivity index (χ0) is 10.6. The van der Waals surface area contributed by atoms with Crippen molar-refractivity contribution < 1.29 is 0 Å². The van der Waals surface area contributed by atoms with Gasteiger partial charge in [0, 0.05) is 19.1 Å². The van der Waals surface area contributed by atoms with Crippen LogP contribution in [0.5, 0.6) is 0 Å². The number of halogens is 1. The molecule has 14 heavy (non-hydrogen) atoms. The van der Waals surface area contributed by atoms with Gasteiger partial charge in [-0.05, 0) is 30.7 Å². The summed E-state index contributed by atoms with van der Waals surface area (Å²) in [6.07, 6.45) is 5.21. The highest BCUT2D eigenvalue weighted by atomic mass is 35.5. The number of aryl methyl sites for hydroxylation is 1. The van der Waals surface area contributed by atoms with Crippen LogP contribution in [-0.4, -0.2) is 15.7 Å². The second-order valence-corrected chi connectivity index (χ2v) is 4.27. The smallest absolute Gasteiger partial charge is 0.0630 e. The van der Waals surface area contributed by atoms with Gasteiger partial charge in [0.15, 0.2) is 0 Å². The molecule has 2 nitrogen and oxygen atoms in total. The monoisotopic (exact) mass is 214 g/mol. The van der Waals surface area contributed by atoms with Crippen molar-refractivity contribution >= 4 is 11.6 Å². The van der Waals surface area contributed by atoms with Crippen LogP contribution in [0.1, 0.15) is 32.4 Å². The fourth-order valence-corrected chi connectivity index (χ4v) is 2.15. The van der Waals surface area contributed by atoms with Crippen LogP contribution in [0, 0.1) is 5.41 Å². The van der Waals surface area contributed by atoms with E-state index in [9.17, 15) is 0 Å². The van der Waals surface area contributed by atoms with E-state index in [2.05, 4.69) is 25.0 Å².